The van der Waals surface area contributed by atoms with Gasteiger partial charge in [0.05, 0.1) is 11.9 Å². The maximum absolute atomic E-state index is 11.8. The molecule has 0 aliphatic heterocycles. The predicted molar refractivity (Wildman–Crippen MR) is 75.6 cm³/mol. The largest absolute Gasteiger partial charge is 0.480 e. The molecule has 7 nitrogen and oxygen atoms in total. The van der Waals surface area contributed by atoms with Crippen molar-refractivity contribution in [3.63, 3.8) is 0 Å². The predicted octanol–water partition coefficient (Wildman–Crippen LogP) is 2.08. The average molecular weight is 282 g/mol. The summed E-state index contributed by atoms with van der Waals surface area (Å²) in [4.78, 5) is 22.9. The molecular formula is C13H22N4O3. The molecule has 2 amide bonds. The lowest BCUT2D eigenvalue weighted by Gasteiger charge is -2.20. The molecule has 112 valence electrons. The number of urea groups is 1. The van der Waals surface area contributed by atoms with Crippen molar-refractivity contribution in [2.45, 2.75) is 46.2 Å². The van der Waals surface area contributed by atoms with Gasteiger partial charge in [-0.2, -0.15) is 5.10 Å². The lowest BCUT2D eigenvalue weighted by Crippen LogP contribution is -2.46. The van der Waals surface area contributed by atoms with Crippen LogP contribution in [0.15, 0.2) is 12.4 Å². The van der Waals surface area contributed by atoms with Crippen LogP contribution in [0, 0.1) is 5.92 Å². The first-order valence-electron chi connectivity index (χ1n) is 6.69. The zero-order chi connectivity index (χ0) is 15.3. The minimum atomic E-state index is -1.03. The van der Waals surface area contributed by atoms with Gasteiger partial charge < -0.3 is 15.7 Å². The number of carboxylic acid groups (broad SMARTS) is 1. The summed E-state index contributed by atoms with van der Waals surface area (Å²) in [6.07, 6.45) is 3.89. The number of aliphatic carboxylic acids is 1. The molecule has 1 aromatic heterocycles. The number of rotatable bonds is 6. The number of nitrogens with zero attached hydrogens (tertiary/aromatic N) is 2. The fourth-order valence-electron chi connectivity index (χ4n) is 1.68. The number of hydrogen-bond acceptors (Lipinski definition) is 3. The van der Waals surface area contributed by atoms with E-state index in [0.717, 1.165) is 0 Å². The Morgan fingerprint density at radius 1 is 1.40 bits per heavy atom. The zero-order valence-electron chi connectivity index (χ0n) is 12.3. The Balaban J connectivity index is 2.63. The number of carbonyl (C=O) groups is 2. The van der Waals surface area contributed by atoms with Crippen LogP contribution in [0.25, 0.3) is 0 Å². The van der Waals surface area contributed by atoms with Crippen molar-refractivity contribution in [3.8, 4) is 0 Å². The highest BCUT2D eigenvalue weighted by Crippen LogP contribution is 2.11. The smallest absolute Gasteiger partial charge is 0.326 e. The van der Waals surface area contributed by atoms with Gasteiger partial charge in [-0.3, -0.25) is 4.68 Å². The number of nitrogens with one attached hydrogen (secondary N) is 2. The minimum absolute atomic E-state index is 0.142. The molecule has 1 aromatic rings. The number of anilines is 1. The summed E-state index contributed by atoms with van der Waals surface area (Å²) in [5.74, 6) is -1.18. The van der Waals surface area contributed by atoms with Gasteiger partial charge in [-0.05, 0) is 19.8 Å². The van der Waals surface area contributed by atoms with Gasteiger partial charge in [-0.1, -0.05) is 20.3 Å². The summed E-state index contributed by atoms with van der Waals surface area (Å²) in [5, 5.41) is 18.3. The Morgan fingerprint density at radius 3 is 2.50 bits per heavy atom. The van der Waals surface area contributed by atoms with Crippen LogP contribution in [0.3, 0.4) is 0 Å². The lowest BCUT2D eigenvalue weighted by molar-refractivity contribution is -0.140. The van der Waals surface area contributed by atoms with Crippen LogP contribution in [-0.2, 0) is 4.79 Å². The molecule has 20 heavy (non-hydrogen) atoms. The third kappa shape index (κ3) is 4.25. The molecule has 3 N–H and O–H groups in total. The number of amides is 2. The number of aromatic nitrogens is 2. The number of hydrogen-bond donors (Lipinski definition) is 3. The normalized spacial score (nSPS) is 13.8. The maximum Gasteiger partial charge on any atom is 0.326 e. The highest BCUT2D eigenvalue weighted by molar-refractivity contribution is 5.92. The van der Waals surface area contributed by atoms with Crippen LogP contribution >= 0.6 is 0 Å². The highest BCUT2D eigenvalue weighted by atomic mass is 16.4. The lowest BCUT2D eigenvalue weighted by atomic mass is 9.99. The molecular weight excluding hydrogens is 260 g/mol. The summed E-state index contributed by atoms with van der Waals surface area (Å²) in [6, 6.07) is -1.25. The molecule has 1 heterocycles. The Labute approximate surface area is 118 Å². The Kier molecular flexibility index (Phi) is 5.54. The Morgan fingerprint density at radius 2 is 2.05 bits per heavy atom. The molecule has 0 saturated heterocycles. The Hall–Kier alpha value is -2.05. The zero-order valence-corrected chi connectivity index (χ0v) is 12.3. The summed E-state index contributed by atoms with van der Waals surface area (Å²) in [7, 11) is 0. The van der Waals surface area contributed by atoms with E-state index in [1.165, 1.54) is 6.20 Å². The van der Waals surface area contributed by atoms with Crippen LogP contribution in [0.5, 0.6) is 0 Å². The standard InChI is InChI=1S/C13H22N4O3/c1-5-9(4)11(12(18)19)16-13(20)15-10-6-14-17(7-10)8(2)3/h6-9,11H,5H2,1-4H3,(H,18,19)(H2,15,16,20)/t9?,11-/m0/s1. The van der Waals surface area contributed by atoms with E-state index < -0.39 is 18.0 Å². The second-order valence-corrected chi connectivity index (χ2v) is 5.10. The van der Waals surface area contributed by atoms with E-state index in [9.17, 15) is 9.59 Å². The minimum Gasteiger partial charge on any atom is -0.480 e. The van der Waals surface area contributed by atoms with Crippen LogP contribution < -0.4 is 10.6 Å². The second kappa shape index (κ2) is 6.93. The van der Waals surface area contributed by atoms with Gasteiger partial charge in [0.1, 0.15) is 6.04 Å². The van der Waals surface area contributed by atoms with Crippen molar-refractivity contribution < 1.29 is 14.7 Å². The van der Waals surface area contributed by atoms with E-state index >= 15 is 0 Å². The number of carbonyl (C=O) groups excluding carboxylic acids is 1. The molecule has 0 aliphatic rings. The van der Waals surface area contributed by atoms with Crippen molar-refractivity contribution >= 4 is 17.7 Å². The van der Waals surface area contributed by atoms with Crippen molar-refractivity contribution in [2.24, 2.45) is 5.92 Å². The highest BCUT2D eigenvalue weighted by Gasteiger charge is 2.25. The molecule has 2 atom stereocenters. The van der Waals surface area contributed by atoms with E-state index in [0.29, 0.717) is 12.1 Å². The molecule has 0 fully saturated rings. The topological polar surface area (TPSA) is 96.3 Å². The maximum atomic E-state index is 11.8. The fourth-order valence-corrected chi connectivity index (χ4v) is 1.68. The van der Waals surface area contributed by atoms with Gasteiger partial charge in [0.2, 0.25) is 0 Å². The molecule has 1 rings (SSSR count). The summed E-state index contributed by atoms with van der Waals surface area (Å²) >= 11 is 0. The summed E-state index contributed by atoms with van der Waals surface area (Å²) < 4.78 is 1.71. The summed E-state index contributed by atoms with van der Waals surface area (Å²) in [5.41, 5.74) is 0.532. The van der Waals surface area contributed by atoms with Crippen LogP contribution in [0.1, 0.15) is 40.2 Å². The van der Waals surface area contributed by atoms with E-state index in [4.69, 9.17) is 5.11 Å². The third-order valence-electron chi connectivity index (χ3n) is 3.15. The molecule has 7 heteroatoms. The fraction of sp³-hybridized carbons (Fsp3) is 0.615. The molecule has 0 radical (unpaired) electrons. The van der Waals surface area contributed by atoms with Gasteiger partial charge in [-0.25, -0.2) is 9.59 Å². The van der Waals surface area contributed by atoms with E-state index in [1.54, 1.807) is 17.8 Å². The van der Waals surface area contributed by atoms with E-state index in [2.05, 4.69) is 15.7 Å². The first-order chi connectivity index (χ1) is 9.35. The molecule has 0 bridgehead atoms. The van der Waals surface area contributed by atoms with Crippen LogP contribution in [0.4, 0.5) is 10.5 Å². The molecule has 0 aromatic carbocycles. The first-order valence-corrected chi connectivity index (χ1v) is 6.69. The monoisotopic (exact) mass is 282 g/mol. The van der Waals surface area contributed by atoms with Crippen LogP contribution in [-0.4, -0.2) is 32.9 Å². The first kappa shape index (κ1) is 16.0. The van der Waals surface area contributed by atoms with Crippen molar-refractivity contribution in [1.82, 2.24) is 15.1 Å². The van der Waals surface area contributed by atoms with E-state index in [1.807, 2.05) is 20.8 Å². The van der Waals surface area contributed by atoms with Gasteiger partial charge in [0.15, 0.2) is 0 Å². The van der Waals surface area contributed by atoms with Gasteiger partial charge in [-0.15, -0.1) is 0 Å². The van der Waals surface area contributed by atoms with Crippen molar-refractivity contribution in [1.29, 1.82) is 0 Å². The quantitative estimate of drug-likeness (QED) is 0.744. The molecule has 0 aliphatic carbocycles. The molecule has 0 spiro atoms. The average Bonchev–Trinajstić information content (AvgIpc) is 2.83. The number of carboxylic acids is 1. The second-order valence-electron chi connectivity index (χ2n) is 5.10. The van der Waals surface area contributed by atoms with Gasteiger partial charge >= 0.3 is 12.0 Å². The van der Waals surface area contributed by atoms with Gasteiger partial charge in [0.25, 0.3) is 0 Å². The SMILES string of the molecule is CCC(C)[C@H](NC(=O)Nc1cnn(C(C)C)c1)C(=O)O. The van der Waals surface area contributed by atoms with Crippen LogP contribution in [0.2, 0.25) is 0 Å². The molecule has 1 unspecified atom stereocenters. The van der Waals surface area contributed by atoms with Crippen molar-refractivity contribution in [2.75, 3.05) is 5.32 Å². The molecule has 0 saturated carbocycles. The Bertz CT molecular complexity index is 470. The van der Waals surface area contributed by atoms with Gasteiger partial charge in [0, 0.05) is 12.2 Å². The van der Waals surface area contributed by atoms with Crippen molar-refractivity contribution in [3.05, 3.63) is 12.4 Å². The summed E-state index contributed by atoms with van der Waals surface area (Å²) in [6.45, 7) is 7.61. The van der Waals surface area contributed by atoms with E-state index in [-0.39, 0.29) is 12.0 Å². The third-order valence-corrected chi connectivity index (χ3v) is 3.15.